The molecule has 1 amide bonds. The van der Waals surface area contributed by atoms with Crippen LogP contribution in [0.4, 0.5) is 4.39 Å². The number of carbonyl (C=O) groups is 2. The Morgan fingerprint density at radius 3 is 2.36 bits per heavy atom. The van der Waals surface area contributed by atoms with Crippen molar-refractivity contribution in [2.75, 3.05) is 26.9 Å². The topological polar surface area (TPSA) is 136 Å². The van der Waals surface area contributed by atoms with E-state index in [2.05, 4.69) is 12.7 Å². The molecule has 1 aliphatic heterocycles. The third kappa shape index (κ3) is 11.2. The minimum atomic E-state index is -1.45. The number of ether oxygens (including phenoxy) is 4. The van der Waals surface area contributed by atoms with E-state index >= 15 is 4.79 Å². The number of rotatable bonds is 22. The summed E-state index contributed by atoms with van der Waals surface area (Å²) < 4.78 is 41.0. The number of methoxy groups -OCH3 is 1. The number of aliphatic hydroxyl groups is 2. The molecule has 2 fully saturated rings. The molecule has 3 aromatic rings. The number of hydrogen-bond acceptors (Lipinski definition) is 10. The summed E-state index contributed by atoms with van der Waals surface area (Å²) in [6.45, 7) is 10.4. The number of allylic oxidation sites excluding steroid dienone is 1. The van der Waals surface area contributed by atoms with Gasteiger partial charge in [-0.2, -0.15) is 0 Å². The first-order valence-electron chi connectivity index (χ1n) is 24.0. The Morgan fingerprint density at radius 1 is 0.970 bits per heavy atom. The molecule has 12 heteroatoms. The first kappa shape index (κ1) is 48.9. The van der Waals surface area contributed by atoms with Crippen LogP contribution in [0.5, 0.6) is 23.0 Å². The Balaban J connectivity index is 1.45. The first-order valence-corrected chi connectivity index (χ1v) is 24.0. The normalized spacial score (nSPS) is 24.1. The average molecular weight is 909 g/mol. The second-order valence-electron chi connectivity index (χ2n) is 19.4. The number of carbonyl (C=O) groups excluding carboxylic acids is 2. The zero-order valence-corrected chi connectivity index (χ0v) is 39.2. The smallest absolute Gasteiger partial charge is 0.239 e. The van der Waals surface area contributed by atoms with Crippen LogP contribution in [0.1, 0.15) is 132 Å². The number of oxime groups is 1. The Bertz CT molecular complexity index is 2200. The molecule has 0 saturated heterocycles. The average Bonchev–Trinajstić information content (AvgIpc) is 3.84. The maximum absolute atomic E-state index is 15.2. The Hall–Kier alpha value is -5.04. The zero-order valence-electron chi connectivity index (χ0n) is 39.2. The van der Waals surface area contributed by atoms with E-state index in [1.54, 1.807) is 36.4 Å². The molecule has 0 radical (unpaired) electrons. The summed E-state index contributed by atoms with van der Waals surface area (Å²) in [7, 11) is 1.52. The summed E-state index contributed by atoms with van der Waals surface area (Å²) in [4.78, 5) is 35.4. The van der Waals surface area contributed by atoms with Crippen LogP contribution in [0.2, 0.25) is 0 Å². The lowest BCUT2D eigenvalue weighted by Crippen LogP contribution is -2.70. The van der Waals surface area contributed by atoms with Crippen molar-refractivity contribution in [2.24, 2.45) is 28.8 Å². The fourth-order valence-electron chi connectivity index (χ4n) is 10.8. The predicted octanol–water partition coefficient (Wildman–Crippen LogP) is 10.9. The van der Waals surface area contributed by atoms with E-state index in [0.717, 1.165) is 67.9 Å². The second-order valence-corrected chi connectivity index (χ2v) is 19.4. The van der Waals surface area contributed by atoms with Crippen LogP contribution < -0.4 is 14.2 Å². The van der Waals surface area contributed by atoms with Crippen LogP contribution in [0.3, 0.4) is 0 Å². The van der Waals surface area contributed by atoms with E-state index in [9.17, 15) is 19.4 Å². The highest BCUT2D eigenvalue weighted by Crippen LogP contribution is 2.62. The van der Waals surface area contributed by atoms with E-state index in [-0.39, 0.29) is 62.3 Å². The van der Waals surface area contributed by atoms with Gasteiger partial charge in [0.2, 0.25) is 11.7 Å². The van der Waals surface area contributed by atoms with Gasteiger partial charge in [-0.25, -0.2) is 4.39 Å². The van der Waals surface area contributed by atoms with Crippen LogP contribution in [0.15, 0.2) is 90.1 Å². The number of halogens is 1. The van der Waals surface area contributed by atoms with Gasteiger partial charge in [0.1, 0.15) is 40.5 Å². The molecule has 2 N–H and O–H groups in total. The third-order valence-corrected chi connectivity index (χ3v) is 13.8. The Morgan fingerprint density at radius 2 is 1.68 bits per heavy atom. The fourth-order valence-corrected chi connectivity index (χ4v) is 10.8. The molecule has 7 rings (SSSR count). The first-order chi connectivity index (χ1) is 31.9. The van der Waals surface area contributed by atoms with Crippen molar-refractivity contribution >= 4 is 17.9 Å². The number of hydrogen-bond donors (Lipinski definition) is 2. The van der Waals surface area contributed by atoms with Crippen molar-refractivity contribution in [3.05, 3.63) is 107 Å². The molecule has 3 aromatic carbocycles. The van der Waals surface area contributed by atoms with Gasteiger partial charge in [-0.15, -0.1) is 6.58 Å². The van der Waals surface area contributed by atoms with Crippen molar-refractivity contribution in [1.29, 1.82) is 0 Å². The molecule has 0 aromatic heterocycles. The number of amides is 1. The third-order valence-electron chi connectivity index (χ3n) is 13.8. The highest BCUT2D eigenvalue weighted by molar-refractivity contribution is 6.03. The molecule has 4 aliphatic rings. The summed E-state index contributed by atoms with van der Waals surface area (Å²) in [6.07, 6.45) is 15.1. The van der Waals surface area contributed by atoms with Crippen LogP contribution >= 0.6 is 0 Å². The Labute approximate surface area is 390 Å². The minimum absolute atomic E-state index is 0.00315. The Kier molecular flexibility index (Phi) is 16.4. The lowest BCUT2D eigenvalue weighted by atomic mass is 9.55. The molecule has 3 aliphatic carbocycles. The second kappa shape index (κ2) is 22.2. The van der Waals surface area contributed by atoms with Gasteiger partial charge < -0.3 is 38.9 Å². The number of aliphatic hydroxyl groups excluding tert-OH is 2. The van der Waals surface area contributed by atoms with Gasteiger partial charge in [0.05, 0.1) is 30.9 Å². The summed E-state index contributed by atoms with van der Waals surface area (Å²) in [5.74, 6) is -0.0881. The molecule has 66 heavy (non-hydrogen) atoms. The van der Waals surface area contributed by atoms with Gasteiger partial charge in [0.25, 0.3) is 0 Å². The molecule has 11 nitrogen and oxygen atoms in total. The molecule has 0 bridgehead atoms. The van der Waals surface area contributed by atoms with Crippen LogP contribution in [0.25, 0.3) is 0 Å². The molecule has 1 heterocycles. The van der Waals surface area contributed by atoms with E-state index in [1.165, 1.54) is 32.1 Å². The lowest BCUT2D eigenvalue weighted by Gasteiger charge is -2.60. The largest absolute Gasteiger partial charge is 0.496 e. The SMILES string of the molecule is C=CCO[C@@]12Oc3ccc(Oc4ccc(OC)c(C=O)c4)cc3[C@H]3[C@H](CCCCO)[C@@H](CCCCO)C=C(C(=NOC(C)(C)C)C[C@@H]1N(Cc1ccc(F)cc1)C(=O)CCC1CCCC1)[C@H]32. The number of unbranched alkanes of at least 4 members (excludes halogenated alkanes) is 2. The maximum atomic E-state index is 15.2. The molecule has 6 atom stereocenters. The predicted molar refractivity (Wildman–Crippen MR) is 252 cm³/mol. The van der Waals surface area contributed by atoms with E-state index < -0.39 is 23.3 Å². The highest BCUT2D eigenvalue weighted by Gasteiger charge is 2.65. The number of nitrogens with zero attached hydrogens (tertiary/aromatic N) is 2. The number of fused-ring (bicyclic) bond motifs is 2. The van der Waals surface area contributed by atoms with Crippen molar-refractivity contribution < 1.29 is 48.0 Å². The van der Waals surface area contributed by atoms with Crippen molar-refractivity contribution in [3.63, 3.8) is 0 Å². The van der Waals surface area contributed by atoms with Gasteiger partial charge in [-0.3, -0.25) is 9.59 Å². The summed E-state index contributed by atoms with van der Waals surface area (Å²) in [5, 5.41) is 25.0. The standard InChI is InChI=1S/C54H69FN2O9/c1-6-29-63-54-49(57(34-37-17-20-40(55)21-18-37)50(61)26-19-36-13-7-8-14-36)33-46(56-66-53(2,3)4)44-31-38(15-9-11-27-58)43(16-10-12-28-59)51(52(44)54)45-32-42(23-25-48(45)65-54)64-41-22-24-47(62-5)39(30-41)35-60/h6,17-18,20-25,30-32,35-36,38,43,49,51-52,58-59H,1,7-16,19,26-29,33-34H2,2-5H3/t38-,43+,49-,51+,52+,54+/m0/s1. The van der Waals surface area contributed by atoms with Gasteiger partial charge in [0, 0.05) is 44.1 Å². The molecular formula is C54H69FN2O9. The van der Waals surface area contributed by atoms with Crippen LogP contribution in [-0.4, -0.2) is 77.4 Å². The number of benzene rings is 3. The maximum Gasteiger partial charge on any atom is 0.239 e. The number of aldehydes is 1. The van der Waals surface area contributed by atoms with Crippen molar-refractivity contribution in [3.8, 4) is 23.0 Å². The summed E-state index contributed by atoms with van der Waals surface area (Å²) >= 11 is 0. The molecule has 2 saturated carbocycles. The van der Waals surface area contributed by atoms with Crippen LogP contribution in [-0.2, 0) is 20.9 Å². The van der Waals surface area contributed by atoms with E-state index in [0.29, 0.717) is 59.5 Å². The quantitative estimate of drug-likeness (QED) is 0.0437. The fraction of sp³-hybridized carbons (Fsp3) is 0.537. The minimum Gasteiger partial charge on any atom is -0.496 e. The van der Waals surface area contributed by atoms with E-state index in [1.807, 2.05) is 43.9 Å². The highest BCUT2D eigenvalue weighted by atomic mass is 19.1. The van der Waals surface area contributed by atoms with Gasteiger partial charge >= 0.3 is 0 Å². The zero-order chi connectivity index (χ0) is 46.8. The monoisotopic (exact) mass is 908 g/mol. The lowest BCUT2D eigenvalue weighted by molar-refractivity contribution is -0.258. The molecular weight excluding hydrogens is 840 g/mol. The molecule has 0 unspecified atom stereocenters. The van der Waals surface area contributed by atoms with E-state index in [4.69, 9.17) is 28.9 Å². The summed E-state index contributed by atoms with van der Waals surface area (Å²) in [5.41, 5.74) is 3.04. The summed E-state index contributed by atoms with van der Waals surface area (Å²) in [6, 6.07) is 16.5. The van der Waals surface area contributed by atoms with Gasteiger partial charge in [-0.1, -0.05) is 68.0 Å². The van der Waals surface area contributed by atoms with Gasteiger partial charge in [0.15, 0.2) is 6.29 Å². The molecule has 356 valence electrons. The molecule has 0 spiro atoms. The van der Waals surface area contributed by atoms with Gasteiger partial charge in [-0.05, 0) is 130 Å². The van der Waals surface area contributed by atoms with Crippen molar-refractivity contribution in [1.82, 2.24) is 4.90 Å². The van der Waals surface area contributed by atoms with Crippen molar-refractivity contribution in [2.45, 2.75) is 134 Å². The van der Waals surface area contributed by atoms with Crippen LogP contribution in [0, 0.1) is 29.5 Å².